The van der Waals surface area contributed by atoms with Crippen LogP contribution in [0.2, 0.25) is 0 Å². The van der Waals surface area contributed by atoms with Gasteiger partial charge in [0.05, 0.1) is 6.10 Å². The predicted octanol–water partition coefficient (Wildman–Crippen LogP) is 2.45. The highest BCUT2D eigenvalue weighted by Crippen LogP contribution is 2.20. The van der Waals surface area contributed by atoms with Crippen molar-refractivity contribution in [2.24, 2.45) is 0 Å². The monoisotopic (exact) mass is 315 g/mol. The van der Waals surface area contributed by atoms with Gasteiger partial charge in [0, 0.05) is 18.9 Å². The molecule has 1 saturated heterocycles. The summed E-state index contributed by atoms with van der Waals surface area (Å²) in [7, 11) is -3.52. The van der Waals surface area contributed by atoms with Gasteiger partial charge < -0.3 is 10.1 Å². The molecule has 0 bridgehead atoms. The summed E-state index contributed by atoms with van der Waals surface area (Å²) in [4.78, 5) is -0.252. The second-order valence-electron chi connectivity index (χ2n) is 5.56. The first-order valence-electron chi connectivity index (χ1n) is 7.22. The third kappa shape index (κ3) is 4.49. The Balaban J connectivity index is 1.93. The van der Waals surface area contributed by atoms with Gasteiger partial charge in [-0.2, -0.15) is 0 Å². The molecular formula is C15H22FNO3S. The van der Waals surface area contributed by atoms with E-state index in [1.165, 1.54) is 12.1 Å². The summed E-state index contributed by atoms with van der Waals surface area (Å²) in [5, 5.41) is 3.32. The molecule has 2 atom stereocenters. The third-order valence-electron chi connectivity index (χ3n) is 3.80. The number of nitrogens with one attached hydrogen (secondary N) is 1. The Morgan fingerprint density at radius 1 is 1.48 bits per heavy atom. The van der Waals surface area contributed by atoms with Crippen LogP contribution in [-0.4, -0.2) is 33.9 Å². The van der Waals surface area contributed by atoms with Gasteiger partial charge in [0.1, 0.15) is 10.7 Å². The summed E-state index contributed by atoms with van der Waals surface area (Å²) in [5.74, 6) is -0.692. The van der Waals surface area contributed by atoms with Crippen molar-refractivity contribution in [2.45, 2.75) is 43.2 Å². The summed E-state index contributed by atoms with van der Waals surface area (Å²) in [6.07, 6.45) is 4.50. The van der Waals surface area contributed by atoms with Crippen LogP contribution < -0.4 is 5.32 Å². The van der Waals surface area contributed by atoms with E-state index in [9.17, 15) is 12.8 Å². The van der Waals surface area contributed by atoms with Crippen molar-refractivity contribution in [2.75, 3.05) is 19.4 Å². The molecule has 1 fully saturated rings. The highest BCUT2D eigenvalue weighted by molar-refractivity contribution is 7.90. The number of halogens is 1. The van der Waals surface area contributed by atoms with E-state index in [1.807, 2.05) is 6.92 Å². The van der Waals surface area contributed by atoms with Gasteiger partial charge in [0.15, 0.2) is 9.84 Å². The van der Waals surface area contributed by atoms with E-state index in [4.69, 9.17) is 4.74 Å². The molecule has 1 aliphatic rings. The Hall–Kier alpha value is -0.980. The largest absolute Gasteiger partial charge is 0.378 e. The molecule has 0 spiro atoms. The van der Waals surface area contributed by atoms with Crippen LogP contribution >= 0.6 is 0 Å². The number of rotatable bonds is 6. The van der Waals surface area contributed by atoms with E-state index in [2.05, 4.69) is 5.32 Å². The van der Waals surface area contributed by atoms with E-state index in [0.29, 0.717) is 6.10 Å². The molecule has 0 amide bonds. The molecular weight excluding hydrogens is 293 g/mol. The average Bonchev–Trinajstić information content (AvgIpc) is 2.90. The summed E-state index contributed by atoms with van der Waals surface area (Å²) in [6.45, 7) is 3.57. The maximum absolute atomic E-state index is 13.8. The van der Waals surface area contributed by atoms with Crippen LogP contribution in [0.5, 0.6) is 0 Å². The molecule has 1 N–H and O–H groups in total. The Bertz CT molecular complexity index is 583. The van der Waals surface area contributed by atoms with Gasteiger partial charge in [-0.05, 0) is 50.4 Å². The molecule has 4 nitrogen and oxygen atoms in total. The van der Waals surface area contributed by atoms with E-state index in [0.717, 1.165) is 44.2 Å². The molecule has 6 heteroatoms. The van der Waals surface area contributed by atoms with Gasteiger partial charge in [-0.25, -0.2) is 12.8 Å². The molecule has 21 heavy (non-hydrogen) atoms. The minimum atomic E-state index is -3.52. The van der Waals surface area contributed by atoms with E-state index in [-0.39, 0.29) is 10.9 Å². The van der Waals surface area contributed by atoms with Gasteiger partial charge >= 0.3 is 0 Å². The minimum absolute atomic E-state index is 0.0329. The maximum atomic E-state index is 13.8. The standard InChI is InChI=1S/C15H22FNO3S/c1-11(17-8-7-13-4-3-9-20-13)12-5-6-15(14(16)10-12)21(2,18)19/h5-6,10-11,13,17H,3-4,7-9H2,1-2H3. The first kappa shape index (κ1) is 16.4. The quantitative estimate of drug-likeness (QED) is 0.876. The fraction of sp³-hybridized carbons (Fsp3) is 0.600. The normalized spacial score (nSPS) is 20.6. The van der Waals surface area contributed by atoms with Crippen LogP contribution in [0.3, 0.4) is 0 Å². The second-order valence-corrected chi connectivity index (χ2v) is 7.55. The fourth-order valence-corrected chi connectivity index (χ4v) is 3.27. The Labute approximate surface area is 125 Å². The summed E-state index contributed by atoms with van der Waals surface area (Å²) < 4.78 is 42.2. The molecule has 2 rings (SSSR count). The molecule has 1 aliphatic heterocycles. The lowest BCUT2D eigenvalue weighted by Gasteiger charge is -2.16. The number of sulfone groups is 1. The minimum Gasteiger partial charge on any atom is -0.378 e. The van der Waals surface area contributed by atoms with E-state index < -0.39 is 15.7 Å². The first-order valence-corrected chi connectivity index (χ1v) is 9.11. The zero-order valence-corrected chi connectivity index (χ0v) is 13.2. The van der Waals surface area contributed by atoms with Crippen LogP contribution in [0.4, 0.5) is 4.39 Å². The predicted molar refractivity (Wildman–Crippen MR) is 79.5 cm³/mol. The van der Waals surface area contributed by atoms with Gasteiger partial charge in [-0.1, -0.05) is 6.07 Å². The van der Waals surface area contributed by atoms with Crippen molar-refractivity contribution in [3.05, 3.63) is 29.6 Å². The summed E-state index contributed by atoms with van der Waals surface area (Å²) >= 11 is 0. The van der Waals surface area contributed by atoms with Gasteiger partial charge in [-0.3, -0.25) is 0 Å². The summed E-state index contributed by atoms with van der Waals surface area (Å²) in [5.41, 5.74) is 0.743. The van der Waals surface area contributed by atoms with E-state index in [1.54, 1.807) is 6.07 Å². The number of hydrogen-bond donors (Lipinski definition) is 1. The fourth-order valence-electron chi connectivity index (χ4n) is 2.54. The van der Waals surface area contributed by atoms with Crippen molar-refractivity contribution in [1.29, 1.82) is 0 Å². The Morgan fingerprint density at radius 3 is 2.81 bits per heavy atom. The van der Waals surface area contributed by atoms with Crippen LogP contribution in [0.1, 0.15) is 37.8 Å². The first-order chi connectivity index (χ1) is 9.88. The lowest BCUT2D eigenvalue weighted by Crippen LogP contribution is -2.23. The van der Waals surface area contributed by atoms with Crippen LogP contribution in [0.25, 0.3) is 0 Å². The molecule has 1 aromatic carbocycles. The molecule has 0 aromatic heterocycles. The smallest absolute Gasteiger partial charge is 0.178 e. The molecule has 2 unspecified atom stereocenters. The number of hydrogen-bond acceptors (Lipinski definition) is 4. The lowest BCUT2D eigenvalue weighted by atomic mass is 10.1. The lowest BCUT2D eigenvalue weighted by molar-refractivity contribution is 0.103. The third-order valence-corrected chi connectivity index (χ3v) is 4.93. The number of benzene rings is 1. The highest BCUT2D eigenvalue weighted by atomic mass is 32.2. The number of ether oxygens (including phenoxy) is 1. The van der Waals surface area contributed by atoms with Gasteiger partial charge in [0.2, 0.25) is 0 Å². The SMILES string of the molecule is CC(NCCC1CCCO1)c1ccc(S(C)(=O)=O)c(F)c1. The molecule has 1 aromatic rings. The Kier molecular flexibility index (Phi) is 5.35. The maximum Gasteiger partial charge on any atom is 0.178 e. The Morgan fingerprint density at radius 2 is 2.24 bits per heavy atom. The summed E-state index contributed by atoms with van der Waals surface area (Å²) in [6, 6.07) is 4.25. The average molecular weight is 315 g/mol. The van der Waals surface area contributed by atoms with Crippen molar-refractivity contribution in [3.63, 3.8) is 0 Å². The zero-order chi connectivity index (χ0) is 15.5. The van der Waals surface area contributed by atoms with Crippen LogP contribution in [0.15, 0.2) is 23.1 Å². The highest BCUT2D eigenvalue weighted by Gasteiger charge is 2.17. The molecule has 1 heterocycles. The van der Waals surface area contributed by atoms with E-state index >= 15 is 0 Å². The molecule has 0 aliphatic carbocycles. The van der Waals surface area contributed by atoms with Crippen LogP contribution in [-0.2, 0) is 14.6 Å². The molecule has 118 valence electrons. The van der Waals surface area contributed by atoms with Crippen LogP contribution in [0, 0.1) is 5.82 Å². The van der Waals surface area contributed by atoms with Crippen molar-refractivity contribution < 1.29 is 17.5 Å². The van der Waals surface area contributed by atoms with Gasteiger partial charge in [0.25, 0.3) is 0 Å². The zero-order valence-electron chi connectivity index (χ0n) is 12.4. The second kappa shape index (κ2) is 6.85. The topological polar surface area (TPSA) is 55.4 Å². The van der Waals surface area contributed by atoms with Crippen molar-refractivity contribution >= 4 is 9.84 Å². The van der Waals surface area contributed by atoms with Gasteiger partial charge in [-0.15, -0.1) is 0 Å². The van der Waals surface area contributed by atoms with Crippen molar-refractivity contribution in [1.82, 2.24) is 5.32 Å². The van der Waals surface area contributed by atoms with Crippen molar-refractivity contribution in [3.8, 4) is 0 Å². The molecule has 0 saturated carbocycles. The molecule has 0 radical (unpaired) electrons.